The van der Waals surface area contributed by atoms with Crippen molar-refractivity contribution in [1.29, 1.82) is 0 Å². The molecular formula is C15H20ClNO3. The van der Waals surface area contributed by atoms with Crippen molar-refractivity contribution < 1.29 is 14.3 Å². The summed E-state index contributed by atoms with van der Waals surface area (Å²) in [7, 11) is 1.61. The molecule has 0 spiro atoms. The van der Waals surface area contributed by atoms with Crippen LogP contribution in [0, 0.1) is 6.92 Å². The van der Waals surface area contributed by atoms with Crippen LogP contribution in [0.25, 0.3) is 0 Å². The molecule has 1 aromatic rings. The van der Waals surface area contributed by atoms with Crippen molar-refractivity contribution in [2.24, 2.45) is 0 Å². The lowest BCUT2D eigenvalue weighted by molar-refractivity contribution is -0.0371. The summed E-state index contributed by atoms with van der Waals surface area (Å²) in [5.74, 6) is 1.12. The highest BCUT2D eigenvalue weighted by molar-refractivity contribution is 6.18. The molecule has 1 amide bonds. The highest BCUT2D eigenvalue weighted by atomic mass is 35.5. The highest BCUT2D eigenvalue weighted by Gasteiger charge is 2.30. The summed E-state index contributed by atoms with van der Waals surface area (Å²) in [5, 5.41) is 0. The zero-order valence-corrected chi connectivity index (χ0v) is 12.8. The Morgan fingerprint density at radius 3 is 2.95 bits per heavy atom. The Bertz CT molecular complexity index is 492. The van der Waals surface area contributed by atoms with E-state index < -0.39 is 0 Å². The summed E-state index contributed by atoms with van der Waals surface area (Å²) < 4.78 is 10.8. The third-order valence-electron chi connectivity index (χ3n) is 3.59. The van der Waals surface area contributed by atoms with E-state index in [4.69, 9.17) is 21.1 Å². The van der Waals surface area contributed by atoms with Gasteiger partial charge in [0, 0.05) is 12.1 Å². The van der Waals surface area contributed by atoms with Gasteiger partial charge in [-0.3, -0.25) is 4.79 Å². The van der Waals surface area contributed by atoms with Gasteiger partial charge in [-0.15, -0.1) is 11.6 Å². The highest BCUT2D eigenvalue weighted by Crippen LogP contribution is 2.22. The first kappa shape index (κ1) is 15.1. The van der Waals surface area contributed by atoms with E-state index in [1.165, 1.54) is 0 Å². The summed E-state index contributed by atoms with van der Waals surface area (Å²) in [5.41, 5.74) is 1.65. The smallest absolute Gasteiger partial charge is 0.254 e. The van der Waals surface area contributed by atoms with Crippen LogP contribution in [0.3, 0.4) is 0 Å². The Balaban J connectivity index is 2.21. The molecule has 0 radical (unpaired) electrons. The number of hydrogen-bond acceptors (Lipinski definition) is 3. The topological polar surface area (TPSA) is 38.8 Å². The Hall–Kier alpha value is -1.26. The van der Waals surface area contributed by atoms with E-state index in [1.807, 2.05) is 30.9 Å². The number of amides is 1. The van der Waals surface area contributed by atoms with Crippen molar-refractivity contribution in [3.8, 4) is 5.75 Å². The lowest BCUT2D eigenvalue weighted by Crippen LogP contribution is -2.51. The van der Waals surface area contributed by atoms with Crippen LogP contribution in [-0.2, 0) is 4.74 Å². The molecule has 1 saturated heterocycles. The molecule has 1 heterocycles. The molecular weight excluding hydrogens is 278 g/mol. The quantitative estimate of drug-likeness (QED) is 0.805. The first-order valence-corrected chi connectivity index (χ1v) is 7.23. The standard InChI is InChI=1S/C15H20ClNO3/c1-10-4-5-12(6-14(10)19-3)15(18)17-8-13(7-16)20-9-11(17)2/h4-6,11,13H,7-9H2,1-3H3. The molecule has 20 heavy (non-hydrogen) atoms. The van der Waals surface area contributed by atoms with Crippen molar-refractivity contribution >= 4 is 17.5 Å². The van der Waals surface area contributed by atoms with Gasteiger partial charge in [0.15, 0.2) is 0 Å². The van der Waals surface area contributed by atoms with Crippen molar-refractivity contribution in [2.45, 2.75) is 26.0 Å². The third kappa shape index (κ3) is 3.07. The summed E-state index contributed by atoms with van der Waals surface area (Å²) in [6.07, 6.45) is -0.0934. The van der Waals surface area contributed by atoms with Gasteiger partial charge in [-0.05, 0) is 31.5 Å². The molecule has 1 aliphatic rings. The zero-order valence-electron chi connectivity index (χ0n) is 12.1. The minimum Gasteiger partial charge on any atom is -0.496 e. The van der Waals surface area contributed by atoms with Gasteiger partial charge in [-0.2, -0.15) is 0 Å². The second kappa shape index (κ2) is 6.46. The van der Waals surface area contributed by atoms with Crippen molar-refractivity contribution in [3.63, 3.8) is 0 Å². The molecule has 1 aromatic carbocycles. The number of ether oxygens (including phenoxy) is 2. The SMILES string of the molecule is COc1cc(C(=O)N2CC(CCl)OCC2C)ccc1C. The molecule has 1 fully saturated rings. The van der Waals surface area contributed by atoms with Gasteiger partial charge in [-0.25, -0.2) is 0 Å². The van der Waals surface area contributed by atoms with E-state index in [0.29, 0.717) is 24.6 Å². The maximum absolute atomic E-state index is 12.6. The average Bonchev–Trinajstić information content (AvgIpc) is 2.47. The summed E-state index contributed by atoms with van der Waals surface area (Å²) in [6.45, 7) is 4.98. The minimum atomic E-state index is -0.0934. The van der Waals surface area contributed by atoms with Gasteiger partial charge >= 0.3 is 0 Å². The number of carbonyl (C=O) groups excluding carboxylic acids is 1. The van der Waals surface area contributed by atoms with Crippen LogP contribution in [0.15, 0.2) is 18.2 Å². The number of carbonyl (C=O) groups is 1. The molecule has 2 atom stereocenters. The van der Waals surface area contributed by atoms with E-state index in [0.717, 1.165) is 11.3 Å². The Labute approximate surface area is 124 Å². The van der Waals surface area contributed by atoms with Crippen LogP contribution in [0.2, 0.25) is 0 Å². The lowest BCUT2D eigenvalue weighted by Gasteiger charge is -2.37. The van der Waals surface area contributed by atoms with Crippen LogP contribution in [0.4, 0.5) is 0 Å². The Morgan fingerprint density at radius 1 is 1.55 bits per heavy atom. The Kier molecular flexibility index (Phi) is 4.89. The monoisotopic (exact) mass is 297 g/mol. The molecule has 4 nitrogen and oxygen atoms in total. The van der Waals surface area contributed by atoms with E-state index in [1.54, 1.807) is 13.2 Å². The zero-order chi connectivity index (χ0) is 14.7. The van der Waals surface area contributed by atoms with Gasteiger partial charge in [0.2, 0.25) is 0 Å². The molecule has 1 aliphatic heterocycles. The van der Waals surface area contributed by atoms with Crippen LogP contribution >= 0.6 is 11.6 Å². The second-order valence-electron chi connectivity index (χ2n) is 5.10. The van der Waals surface area contributed by atoms with Gasteiger partial charge in [0.1, 0.15) is 5.75 Å². The minimum absolute atomic E-state index is 0.00535. The van der Waals surface area contributed by atoms with Crippen molar-refractivity contribution in [2.75, 3.05) is 26.1 Å². The van der Waals surface area contributed by atoms with E-state index in [9.17, 15) is 4.79 Å². The predicted octanol–water partition coefficient (Wildman–Crippen LogP) is 2.47. The van der Waals surface area contributed by atoms with Gasteiger partial charge in [-0.1, -0.05) is 6.07 Å². The number of halogens is 1. The normalized spacial score (nSPS) is 22.7. The van der Waals surface area contributed by atoms with E-state index in [2.05, 4.69) is 0 Å². The largest absolute Gasteiger partial charge is 0.496 e. The van der Waals surface area contributed by atoms with Crippen LogP contribution in [0.1, 0.15) is 22.8 Å². The summed E-state index contributed by atoms with van der Waals surface area (Å²) >= 11 is 5.83. The Morgan fingerprint density at radius 2 is 2.30 bits per heavy atom. The number of methoxy groups -OCH3 is 1. The van der Waals surface area contributed by atoms with Crippen LogP contribution in [0.5, 0.6) is 5.75 Å². The predicted molar refractivity (Wildman–Crippen MR) is 78.7 cm³/mol. The molecule has 0 bridgehead atoms. The van der Waals surface area contributed by atoms with Crippen molar-refractivity contribution in [1.82, 2.24) is 4.90 Å². The number of nitrogens with zero attached hydrogens (tertiary/aromatic N) is 1. The maximum Gasteiger partial charge on any atom is 0.254 e. The molecule has 2 unspecified atom stereocenters. The number of rotatable bonds is 3. The van der Waals surface area contributed by atoms with Gasteiger partial charge in [0.05, 0.1) is 31.7 Å². The second-order valence-corrected chi connectivity index (χ2v) is 5.41. The van der Waals surface area contributed by atoms with Gasteiger partial charge in [0.25, 0.3) is 5.91 Å². The first-order valence-electron chi connectivity index (χ1n) is 6.70. The van der Waals surface area contributed by atoms with Crippen molar-refractivity contribution in [3.05, 3.63) is 29.3 Å². The number of aryl methyl sites for hydroxylation is 1. The van der Waals surface area contributed by atoms with Crippen LogP contribution < -0.4 is 4.74 Å². The molecule has 0 saturated carbocycles. The van der Waals surface area contributed by atoms with E-state index >= 15 is 0 Å². The summed E-state index contributed by atoms with van der Waals surface area (Å²) in [4.78, 5) is 14.4. The molecule has 0 N–H and O–H groups in total. The molecule has 0 aromatic heterocycles. The van der Waals surface area contributed by atoms with Crippen LogP contribution in [-0.4, -0.2) is 49.1 Å². The fourth-order valence-corrected chi connectivity index (χ4v) is 2.50. The third-order valence-corrected chi connectivity index (χ3v) is 3.94. The number of alkyl halides is 1. The number of benzene rings is 1. The number of hydrogen-bond donors (Lipinski definition) is 0. The van der Waals surface area contributed by atoms with E-state index in [-0.39, 0.29) is 18.1 Å². The molecule has 2 rings (SSSR count). The summed E-state index contributed by atoms with van der Waals surface area (Å²) in [6, 6.07) is 5.57. The van der Waals surface area contributed by atoms with Gasteiger partial charge < -0.3 is 14.4 Å². The molecule has 5 heteroatoms. The number of morpholine rings is 1. The fraction of sp³-hybridized carbons (Fsp3) is 0.533. The molecule has 110 valence electrons. The molecule has 0 aliphatic carbocycles. The first-order chi connectivity index (χ1) is 9.56. The fourth-order valence-electron chi connectivity index (χ4n) is 2.31. The maximum atomic E-state index is 12.6. The average molecular weight is 298 g/mol. The lowest BCUT2D eigenvalue weighted by atomic mass is 10.1.